The summed E-state index contributed by atoms with van der Waals surface area (Å²) in [5, 5.41) is 7.04. The first-order chi connectivity index (χ1) is 11.0. The molecule has 0 aromatic carbocycles. The summed E-state index contributed by atoms with van der Waals surface area (Å²) in [6.45, 7) is 7.60. The summed E-state index contributed by atoms with van der Waals surface area (Å²) in [7, 11) is 0. The number of amides is 3. The van der Waals surface area contributed by atoms with Gasteiger partial charge in [0.05, 0.1) is 6.54 Å². The Kier molecular flexibility index (Phi) is 4.34. The third-order valence-corrected chi connectivity index (χ3v) is 5.05. The van der Waals surface area contributed by atoms with Crippen molar-refractivity contribution in [3.05, 3.63) is 12.7 Å². The molecule has 126 valence electrons. The Morgan fingerprint density at radius 1 is 1.39 bits per heavy atom. The number of rotatable bonds is 5. The molecule has 0 radical (unpaired) electrons. The van der Waals surface area contributed by atoms with Crippen LogP contribution in [0, 0.1) is 5.92 Å². The maximum atomic E-state index is 12.6. The number of hydrogen-bond donors (Lipinski definition) is 1. The number of likely N-dealkylation sites (tertiary alicyclic amines) is 1. The normalized spacial score (nSPS) is 29.1. The van der Waals surface area contributed by atoms with Gasteiger partial charge in [-0.25, -0.2) is 9.78 Å². The van der Waals surface area contributed by atoms with Crippen LogP contribution in [0.4, 0.5) is 4.79 Å². The van der Waals surface area contributed by atoms with Gasteiger partial charge in [-0.2, -0.15) is 5.10 Å². The molecule has 0 saturated carbocycles. The van der Waals surface area contributed by atoms with E-state index in [0.29, 0.717) is 6.54 Å². The number of nitrogens with one attached hydrogen (secondary N) is 1. The molecule has 3 heterocycles. The zero-order valence-electron chi connectivity index (χ0n) is 13.7. The largest absolute Gasteiger partial charge is 0.325 e. The van der Waals surface area contributed by atoms with Crippen LogP contribution in [0.2, 0.25) is 0 Å². The van der Waals surface area contributed by atoms with Crippen molar-refractivity contribution in [3.63, 3.8) is 0 Å². The van der Waals surface area contributed by atoms with Gasteiger partial charge in [0.2, 0.25) is 0 Å². The summed E-state index contributed by atoms with van der Waals surface area (Å²) in [5.74, 6) is 0.0492. The van der Waals surface area contributed by atoms with Gasteiger partial charge in [0.1, 0.15) is 18.2 Å². The molecule has 0 bridgehead atoms. The lowest BCUT2D eigenvalue weighted by atomic mass is 9.80. The standard InChI is InChI=1S/C15H24N6O2/c1-3-21-13(22)15(2,18-14(21)23)12-5-4-6-19(9-12)7-8-20-11-16-10-17-20/h10-12H,3-9H2,1-2H3,(H,18,23)/t12-,15+/m0/s1. The molecule has 1 aromatic heterocycles. The molecule has 1 N–H and O–H groups in total. The van der Waals surface area contributed by atoms with Crippen molar-refractivity contribution in [1.82, 2.24) is 29.9 Å². The lowest BCUT2D eigenvalue weighted by molar-refractivity contribution is -0.133. The Morgan fingerprint density at radius 2 is 2.22 bits per heavy atom. The molecule has 2 aliphatic rings. The molecule has 2 aliphatic heterocycles. The maximum absolute atomic E-state index is 12.6. The summed E-state index contributed by atoms with van der Waals surface area (Å²) in [6, 6.07) is -0.264. The molecule has 23 heavy (non-hydrogen) atoms. The lowest BCUT2D eigenvalue weighted by Crippen LogP contribution is -2.56. The molecule has 0 unspecified atom stereocenters. The molecule has 3 rings (SSSR count). The minimum atomic E-state index is -0.779. The molecule has 3 amide bonds. The van der Waals surface area contributed by atoms with E-state index in [1.165, 1.54) is 11.2 Å². The molecular formula is C15H24N6O2. The van der Waals surface area contributed by atoms with E-state index < -0.39 is 5.54 Å². The van der Waals surface area contributed by atoms with Crippen molar-refractivity contribution >= 4 is 11.9 Å². The number of carbonyl (C=O) groups excluding carboxylic acids is 2. The monoisotopic (exact) mass is 320 g/mol. The van der Waals surface area contributed by atoms with Crippen LogP contribution < -0.4 is 5.32 Å². The minimum absolute atomic E-state index is 0.0897. The lowest BCUT2D eigenvalue weighted by Gasteiger charge is -2.39. The molecule has 2 fully saturated rings. The molecule has 1 aromatic rings. The fourth-order valence-electron chi connectivity index (χ4n) is 3.60. The van der Waals surface area contributed by atoms with Crippen LogP contribution in [0.1, 0.15) is 26.7 Å². The molecule has 8 nitrogen and oxygen atoms in total. The SMILES string of the molecule is CCN1C(=O)N[C@](C)([C@H]2CCCN(CCn3cncn3)C2)C1=O. The second-order valence-corrected chi connectivity index (χ2v) is 6.48. The van der Waals surface area contributed by atoms with E-state index in [4.69, 9.17) is 0 Å². The smallest absolute Gasteiger partial charge is 0.323 e. The van der Waals surface area contributed by atoms with Gasteiger partial charge in [0.15, 0.2) is 0 Å². The van der Waals surface area contributed by atoms with Crippen molar-refractivity contribution < 1.29 is 9.59 Å². The fourth-order valence-corrected chi connectivity index (χ4v) is 3.60. The van der Waals surface area contributed by atoms with Gasteiger partial charge in [-0.15, -0.1) is 0 Å². The number of likely N-dealkylation sites (N-methyl/N-ethyl adjacent to an activating group) is 1. The van der Waals surface area contributed by atoms with Crippen molar-refractivity contribution in [2.24, 2.45) is 5.92 Å². The third-order valence-electron chi connectivity index (χ3n) is 5.05. The summed E-state index contributed by atoms with van der Waals surface area (Å²) in [6.07, 6.45) is 5.24. The summed E-state index contributed by atoms with van der Waals surface area (Å²) < 4.78 is 1.81. The van der Waals surface area contributed by atoms with Crippen LogP contribution in [0.5, 0.6) is 0 Å². The van der Waals surface area contributed by atoms with Crippen molar-refractivity contribution in [2.45, 2.75) is 38.8 Å². The zero-order valence-corrected chi connectivity index (χ0v) is 13.7. The molecule has 0 spiro atoms. The van der Waals surface area contributed by atoms with Gasteiger partial charge in [-0.05, 0) is 33.2 Å². The van der Waals surface area contributed by atoms with E-state index in [2.05, 4.69) is 20.3 Å². The highest BCUT2D eigenvalue weighted by Crippen LogP contribution is 2.32. The quantitative estimate of drug-likeness (QED) is 0.790. The van der Waals surface area contributed by atoms with Gasteiger partial charge < -0.3 is 10.2 Å². The Balaban J connectivity index is 1.64. The predicted molar refractivity (Wildman–Crippen MR) is 83.5 cm³/mol. The van der Waals surface area contributed by atoms with Gasteiger partial charge in [0, 0.05) is 25.6 Å². The fraction of sp³-hybridized carbons (Fsp3) is 0.733. The second-order valence-electron chi connectivity index (χ2n) is 6.48. The minimum Gasteiger partial charge on any atom is -0.323 e. The predicted octanol–water partition coefficient (Wildman–Crippen LogP) is 0.320. The second kappa shape index (κ2) is 6.27. The number of imide groups is 1. The summed E-state index contributed by atoms with van der Waals surface area (Å²) in [5.41, 5.74) is -0.779. The summed E-state index contributed by atoms with van der Waals surface area (Å²) in [4.78, 5) is 32.2. The molecule has 8 heteroatoms. The number of urea groups is 1. The average molecular weight is 320 g/mol. The van der Waals surface area contributed by atoms with Crippen LogP contribution in [-0.4, -0.2) is 68.2 Å². The number of nitrogens with zero attached hydrogens (tertiary/aromatic N) is 5. The zero-order chi connectivity index (χ0) is 16.4. The molecule has 2 atom stereocenters. The van der Waals surface area contributed by atoms with E-state index in [1.807, 2.05) is 18.5 Å². The van der Waals surface area contributed by atoms with Gasteiger partial charge >= 0.3 is 6.03 Å². The van der Waals surface area contributed by atoms with E-state index in [0.717, 1.165) is 39.0 Å². The van der Waals surface area contributed by atoms with E-state index >= 15 is 0 Å². The van der Waals surface area contributed by atoms with E-state index in [1.54, 1.807) is 6.33 Å². The maximum Gasteiger partial charge on any atom is 0.325 e. The first-order valence-electron chi connectivity index (χ1n) is 8.23. The van der Waals surface area contributed by atoms with Gasteiger partial charge in [-0.3, -0.25) is 14.4 Å². The van der Waals surface area contributed by atoms with Gasteiger partial charge in [0.25, 0.3) is 5.91 Å². The number of aromatic nitrogens is 3. The van der Waals surface area contributed by atoms with Crippen molar-refractivity contribution in [3.8, 4) is 0 Å². The Labute approximate surface area is 135 Å². The number of hydrogen-bond acceptors (Lipinski definition) is 5. The highest BCUT2D eigenvalue weighted by atomic mass is 16.2. The van der Waals surface area contributed by atoms with Crippen molar-refractivity contribution in [2.75, 3.05) is 26.2 Å². The van der Waals surface area contributed by atoms with E-state index in [-0.39, 0.29) is 17.9 Å². The molecule has 2 saturated heterocycles. The van der Waals surface area contributed by atoms with Crippen molar-refractivity contribution in [1.29, 1.82) is 0 Å². The topological polar surface area (TPSA) is 83.4 Å². The van der Waals surface area contributed by atoms with Crippen LogP contribution in [0.3, 0.4) is 0 Å². The Bertz CT molecular complexity index is 575. The first-order valence-corrected chi connectivity index (χ1v) is 8.23. The average Bonchev–Trinajstić information content (AvgIpc) is 3.14. The summed E-state index contributed by atoms with van der Waals surface area (Å²) >= 11 is 0. The first kappa shape index (κ1) is 15.9. The Morgan fingerprint density at radius 3 is 2.87 bits per heavy atom. The highest BCUT2D eigenvalue weighted by Gasteiger charge is 2.52. The van der Waals surface area contributed by atoms with Gasteiger partial charge in [-0.1, -0.05) is 0 Å². The molecule has 0 aliphatic carbocycles. The van der Waals surface area contributed by atoms with E-state index in [9.17, 15) is 9.59 Å². The van der Waals surface area contributed by atoms with Crippen LogP contribution in [0.25, 0.3) is 0 Å². The number of carbonyl (C=O) groups is 2. The van der Waals surface area contributed by atoms with Crippen LogP contribution in [-0.2, 0) is 11.3 Å². The third kappa shape index (κ3) is 2.95. The Hall–Kier alpha value is -1.96. The van der Waals surface area contributed by atoms with Crippen LogP contribution >= 0.6 is 0 Å². The van der Waals surface area contributed by atoms with Crippen LogP contribution in [0.15, 0.2) is 12.7 Å². The number of piperidine rings is 1. The molecular weight excluding hydrogens is 296 g/mol. The highest BCUT2D eigenvalue weighted by molar-refractivity contribution is 6.07.